The maximum Gasteiger partial charge on any atom is 0.338 e. The average molecular weight is 622 g/mol. The molecule has 0 bridgehead atoms. The maximum absolute atomic E-state index is 13.1. The molecule has 0 amide bonds. The number of aliphatic hydroxyl groups is 1. The molecule has 4 aromatic carbocycles. The molecule has 1 heterocycles. The molecule has 1 fully saturated rings. The molecule has 0 aromatic heterocycles. The maximum atomic E-state index is 13.1. The number of aromatic hydroxyl groups is 1. The van der Waals surface area contributed by atoms with Crippen LogP contribution in [0.1, 0.15) is 78.2 Å². The molecule has 7 heteroatoms. The summed E-state index contributed by atoms with van der Waals surface area (Å²) in [5, 5.41) is 31.5. The van der Waals surface area contributed by atoms with Gasteiger partial charge in [0.1, 0.15) is 17.5 Å². The first-order chi connectivity index (χ1) is 22.1. The third-order valence-corrected chi connectivity index (χ3v) is 9.44. The van der Waals surface area contributed by atoms with E-state index in [-0.39, 0.29) is 11.7 Å². The Balaban J connectivity index is 1.25. The summed E-state index contributed by atoms with van der Waals surface area (Å²) in [6.07, 6.45) is 2.54. The van der Waals surface area contributed by atoms with Crippen LogP contribution in [0.5, 0.6) is 5.75 Å². The topological polar surface area (TPSA) is 107 Å². The van der Waals surface area contributed by atoms with Crippen molar-refractivity contribution in [3.8, 4) is 5.75 Å². The molecule has 3 N–H and O–H groups in total. The third-order valence-electron chi connectivity index (χ3n) is 9.44. The van der Waals surface area contributed by atoms with Crippen LogP contribution < -0.4 is 0 Å². The molecule has 46 heavy (non-hydrogen) atoms. The number of hydrogen-bond acceptors (Lipinski definition) is 6. The number of nitrogens with zero attached hydrogens (tertiary/aromatic N) is 1. The van der Waals surface area contributed by atoms with Gasteiger partial charge in [0.25, 0.3) is 0 Å². The molecule has 1 aliphatic rings. The summed E-state index contributed by atoms with van der Waals surface area (Å²) in [4.78, 5) is 27.2. The van der Waals surface area contributed by atoms with E-state index in [0.717, 1.165) is 55.6 Å². The van der Waals surface area contributed by atoms with Gasteiger partial charge >= 0.3 is 11.9 Å². The van der Waals surface area contributed by atoms with Crippen LogP contribution >= 0.6 is 0 Å². The highest BCUT2D eigenvalue weighted by atomic mass is 16.5. The zero-order valence-corrected chi connectivity index (χ0v) is 26.5. The zero-order valence-electron chi connectivity index (χ0n) is 26.5. The molecule has 1 aliphatic heterocycles. The molecule has 0 saturated carbocycles. The molecule has 0 aliphatic carbocycles. The SMILES string of the molecule is CC(C)(C(=O)O)c1ccc(C(CCCN2CCC(C(O)(c3ccccc3)c3ccccc3)CC2)OC(=O)c2ccc(O)cc2)cc1. The number of aliphatic carboxylic acids is 1. The van der Waals surface area contributed by atoms with Crippen LogP contribution in [-0.4, -0.2) is 51.8 Å². The molecule has 1 atom stereocenters. The van der Waals surface area contributed by atoms with Crippen LogP contribution in [-0.2, 0) is 20.5 Å². The minimum atomic E-state index is -1.07. The lowest BCUT2D eigenvalue weighted by Crippen LogP contribution is -2.44. The lowest BCUT2D eigenvalue weighted by molar-refractivity contribution is -0.142. The largest absolute Gasteiger partial charge is 0.508 e. The van der Waals surface area contributed by atoms with Crippen molar-refractivity contribution in [1.29, 1.82) is 0 Å². The normalized spacial score (nSPS) is 15.3. The van der Waals surface area contributed by atoms with Crippen molar-refractivity contribution < 1.29 is 29.6 Å². The number of esters is 1. The predicted molar refractivity (Wildman–Crippen MR) is 178 cm³/mol. The van der Waals surface area contributed by atoms with Crippen LogP contribution in [0.4, 0.5) is 0 Å². The van der Waals surface area contributed by atoms with E-state index >= 15 is 0 Å². The van der Waals surface area contributed by atoms with Gasteiger partial charge in [-0.3, -0.25) is 4.79 Å². The van der Waals surface area contributed by atoms with Gasteiger partial charge in [0, 0.05) is 0 Å². The molecule has 5 rings (SSSR count). The summed E-state index contributed by atoms with van der Waals surface area (Å²) in [5.74, 6) is -1.26. The van der Waals surface area contributed by atoms with Gasteiger partial charge in [0.05, 0.1) is 11.0 Å². The van der Waals surface area contributed by atoms with Gasteiger partial charge in [-0.1, -0.05) is 84.9 Å². The quantitative estimate of drug-likeness (QED) is 0.145. The van der Waals surface area contributed by atoms with Crippen LogP contribution in [0.2, 0.25) is 0 Å². The van der Waals surface area contributed by atoms with Crippen molar-refractivity contribution in [2.75, 3.05) is 19.6 Å². The summed E-state index contributed by atoms with van der Waals surface area (Å²) in [5.41, 5.74) is 1.52. The van der Waals surface area contributed by atoms with E-state index in [1.54, 1.807) is 26.0 Å². The highest BCUT2D eigenvalue weighted by molar-refractivity contribution is 5.89. The van der Waals surface area contributed by atoms with Crippen LogP contribution in [0.3, 0.4) is 0 Å². The van der Waals surface area contributed by atoms with Crippen LogP contribution in [0, 0.1) is 5.92 Å². The first kappa shape index (κ1) is 32.9. The number of carbonyl (C=O) groups is 2. The summed E-state index contributed by atoms with van der Waals surface area (Å²) >= 11 is 0. The van der Waals surface area contributed by atoms with Crippen molar-refractivity contribution in [2.24, 2.45) is 5.92 Å². The van der Waals surface area contributed by atoms with Crippen molar-refractivity contribution in [3.63, 3.8) is 0 Å². The second-order valence-corrected chi connectivity index (χ2v) is 12.7. The second kappa shape index (κ2) is 14.3. The lowest BCUT2D eigenvalue weighted by Gasteiger charge is -2.42. The Morgan fingerprint density at radius 2 is 1.35 bits per heavy atom. The fourth-order valence-corrected chi connectivity index (χ4v) is 6.42. The van der Waals surface area contributed by atoms with Gasteiger partial charge in [-0.2, -0.15) is 0 Å². The molecule has 1 saturated heterocycles. The molecule has 0 spiro atoms. The molecule has 7 nitrogen and oxygen atoms in total. The van der Waals surface area contributed by atoms with E-state index in [1.165, 1.54) is 24.3 Å². The van der Waals surface area contributed by atoms with Gasteiger partial charge in [-0.05, 0) is 112 Å². The fraction of sp³-hybridized carbons (Fsp3) is 0.333. The van der Waals surface area contributed by atoms with Crippen molar-refractivity contribution in [2.45, 2.75) is 56.7 Å². The molecule has 4 aromatic rings. The van der Waals surface area contributed by atoms with Gasteiger partial charge in [0.15, 0.2) is 0 Å². The highest BCUT2D eigenvalue weighted by Crippen LogP contribution is 2.42. The van der Waals surface area contributed by atoms with Crippen molar-refractivity contribution in [3.05, 3.63) is 137 Å². The smallest absolute Gasteiger partial charge is 0.338 e. The first-order valence-corrected chi connectivity index (χ1v) is 16.0. The number of carbonyl (C=O) groups excluding carboxylic acids is 1. The zero-order chi connectivity index (χ0) is 32.7. The minimum Gasteiger partial charge on any atom is -0.508 e. The average Bonchev–Trinajstić information content (AvgIpc) is 3.08. The third kappa shape index (κ3) is 7.33. The van der Waals surface area contributed by atoms with E-state index in [0.29, 0.717) is 17.5 Å². The molecule has 240 valence electrons. The predicted octanol–water partition coefficient (Wildman–Crippen LogP) is 7.08. The van der Waals surface area contributed by atoms with Crippen molar-refractivity contribution >= 4 is 11.9 Å². The highest BCUT2D eigenvalue weighted by Gasteiger charge is 2.41. The van der Waals surface area contributed by atoms with Crippen molar-refractivity contribution in [1.82, 2.24) is 4.90 Å². The molecular weight excluding hydrogens is 578 g/mol. The number of ether oxygens (including phenoxy) is 1. The fourth-order valence-electron chi connectivity index (χ4n) is 6.42. The van der Waals surface area contributed by atoms with E-state index in [4.69, 9.17) is 4.74 Å². The van der Waals surface area contributed by atoms with E-state index in [9.17, 15) is 24.9 Å². The Labute approximate surface area is 271 Å². The van der Waals surface area contributed by atoms with Gasteiger partial charge in [0.2, 0.25) is 0 Å². The Kier molecular flexibility index (Phi) is 10.2. The van der Waals surface area contributed by atoms with Gasteiger partial charge in [-0.15, -0.1) is 0 Å². The number of phenolic OH excluding ortho intramolecular Hbond substituents is 1. The number of phenols is 1. The number of likely N-dealkylation sites (tertiary alicyclic amines) is 1. The first-order valence-electron chi connectivity index (χ1n) is 16.0. The second-order valence-electron chi connectivity index (χ2n) is 12.7. The van der Waals surface area contributed by atoms with E-state index in [1.807, 2.05) is 72.8 Å². The number of rotatable bonds is 12. The van der Waals surface area contributed by atoms with Gasteiger partial charge < -0.3 is 25.0 Å². The van der Waals surface area contributed by atoms with E-state index in [2.05, 4.69) is 4.90 Å². The van der Waals surface area contributed by atoms with Crippen LogP contribution in [0.25, 0.3) is 0 Å². The summed E-state index contributed by atoms with van der Waals surface area (Å²) < 4.78 is 6.00. The summed E-state index contributed by atoms with van der Waals surface area (Å²) in [7, 11) is 0. The Morgan fingerprint density at radius 3 is 1.87 bits per heavy atom. The number of piperidine rings is 1. The lowest BCUT2D eigenvalue weighted by atomic mass is 9.72. The Bertz CT molecular complexity index is 1540. The number of carboxylic acids is 1. The Hall–Kier alpha value is -4.46. The standard InChI is InChI=1S/C39H43NO6/c1-38(2,37(43)44)30-19-15-28(16-20-30)35(46-36(42)29-17-21-34(41)22-18-29)14-9-25-40-26-23-33(24-27-40)39(45,31-10-5-3-6-11-31)32-12-7-4-8-13-32/h3-8,10-13,15-22,33,35,41,45H,9,14,23-27H2,1-2H3,(H,43,44). The summed E-state index contributed by atoms with van der Waals surface area (Å²) in [6.45, 7) is 5.85. The summed E-state index contributed by atoms with van der Waals surface area (Å²) in [6, 6.07) is 33.1. The van der Waals surface area contributed by atoms with E-state index < -0.39 is 29.1 Å². The monoisotopic (exact) mass is 621 g/mol. The van der Waals surface area contributed by atoms with Gasteiger partial charge in [-0.25, -0.2) is 4.79 Å². The number of hydrogen-bond donors (Lipinski definition) is 3. The number of carboxylic acid groups (broad SMARTS) is 1. The molecular formula is C39H43NO6. The Morgan fingerprint density at radius 1 is 0.804 bits per heavy atom. The molecule has 1 unspecified atom stereocenters. The minimum absolute atomic E-state index is 0.0690. The number of benzene rings is 4. The van der Waals surface area contributed by atoms with Crippen LogP contribution in [0.15, 0.2) is 109 Å². The molecule has 0 radical (unpaired) electrons.